The molecule has 1 atom stereocenters. The molecule has 0 amide bonds. The zero-order chi connectivity index (χ0) is 14.3. The second kappa shape index (κ2) is 5.27. The van der Waals surface area contributed by atoms with E-state index in [0.717, 1.165) is 35.0 Å². The Hall–Kier alpha value is -1.24. The predicted molar refractivity (Wildman–Crippen MR) is 78.4 cm³/mol. The van der Waals surface area contributed by atoms with Crippen molar-refractivity contribution in [1.29, 1.82) is 0 Å². The Kier molecular flexibility index (Phi) is 3.62. The predicted octanol–water partition coefficient (Wildman–Crippen LogP) is 0.998. The molecule has 0 spiro atoms. The van der Waals surface area contributed by atoms with Gasteiger partial charge in [0.15, 0.2) is 0 Å². The van der Waals surface area contributed by atoms with E-state index in [1.54, 1.807) is 18.3 Å². The molecule has 2 heterocycles. The number of aliphatic hydroxyl groups is 2. The molecule has 0 aliphatic heterocycles. The van der Waals surface area contributed by atoms with E-state index in [1.807, 2.05) is 0 Å². The van der Waals surface area contributed by atoms with E-state index in [1.165, 1.54) is 15.9 Å². The van der Waals surface area contributed by atoms with Crippen molar-refractivity contribution in [2.45, 2.75) is 45.3 Å². The van der Waals surface area contributed by atoms with Crippen molar-refractivity contribution in [3.63, 3.8) is 0 Å². The minimum absolute atomic E-state index is 0.0839. The normalized spacial score (nSPS) is 16.4. The molecule has 0 saturated carbocycles. The number of rotatable bonds is 3. The largest absolute Gasteiger partial charge is 0.394 e. The zero-order valence-corrected chi connectivity index (χ0v) is 12.2. The molecule has 2 aromatic heterocycles. The molecule has 0 saturated heterocycles. The highest BCUT2D eigenvalue weighted by molar-refractivity contribution is 7.18. The summed E-state index contributed by atoms with van der Waals surface area (Å²) in [6.45, 7) is 1.50. The Bertz CT molecular complexity index is 704. The Morgan fingerprint density at radius 1 is 1.40 bits per heavy atom. The number of aryl methyl sites for hydroxylation is 3. The summed E-state index contributed by atoms with van der Waals surface area (Å²) in [4.78, 5) is 19.3. The number of nitrogens with zero attached hydrogens (tertiary/aromatic N) is 2. The number of hydrogen-bond acceptors (Lipinski definition) is 5. The smallest absolute Gasteiger partial charge is 0.262 e. The van der Waals surface area contributed by atoms with E-state index >= 15 is 0 Å². The van der Waals surface area contributed by atoms with E-state index in [4.69, 9.17) is 5.11 Å². The van der Waals surface area contributed by atoms with Gasteiger partial charge in [0.1, 0.15) is 10.7 Å². The summed E-state index contributed by atoms with van der Waals surface area (Å²) < 4.78 is 1.48. The molecule has 1 aliphatic carbocycles. The third-order valence-electron chi connectivity index (χ3n) is 3.87. The summed E-state index contributed by atoms with van der Waals surface area (Å²) >= 11 is 1.63. The average molecular weight is 294 g/mol. The fraction of sp³-hybridized carbons (Fsp3) is 0.571. The van der Waals surface area contributed by atoms with Gasteiger partial charge in [-0.05, 0) is 38.2 Å². The van der Waals surface area contributed by atoms with Gasteiger partial charge >= 0.3 is 0 Å². The SMILES string of the molecule is Cc1nc2sc3c(c2c(=O)n1CC(O)CO)CCCC3. The third kappa shape index (κ3) is 2.17. The van der Waals surface area contributed by atoms with Crippen LogP contribution >= 0.6 is 11.3 Å². The summed E-state index contributed by atoms with van der Waals surface area (Å²) in [5.41, 5.74) is 1.07. The van der Waals surface area contributed by atoms with Gasteiger partial charge in [0.05, 0.1) is 24.6 Å². The van der Waals surface area contributed by atoms with Crippen LogP contribution in [0, 0.1) is 6.92 Å². The van der Waals surface area contributed by atoms with Crippen molar-refractivity contribution >= 4 is 21.6 Å². The highest BCUT2D eigenvalue weighted by Crippen LogP contribution is 2.33. The van der Waals surface area contributed by atoms with Crippen LogP contribution in [0.15, 0.2) is 4.79 Å². The molecule has 5 nitrogen and oxygen atoms in total. The van der Waals surface area contributed by atoms with Crippen LogP contribution in [-0.4, -0.2) is 32.5 Å². The summed E-state index contributed by atoms with van der Waals surface area (Å²) in [6.07, 6.45) is 3.34. The maximum Gasteiger partial charge on any atom is 0.262 e. The van der Waals surface area contributed by atoms with Crippen LogP contribution in [0.1, 0.15) is 29.1 Å². The maximum absolute atomic E-state index is 12.7. The molecule has 1 unspecified atom stereocenters. The summed E-state index contributed by atoms with van der Waals surface area (Å²) in [7, 11) is 0. The van der Waals surface area contributed by atoms with Gasteiger partial charge in [-0.1, -0.05) is 0 Å². The van der Waals surface area contributed by atoms with E-state index < -0.39 is 6.10 Å². The fourth-order valence-corrected chi connectivity index (χ4v) is 4.12. The van der Waals surface area contributed by atoms with Crippen molar-refractivity contribution in [3.05, 3.63) is 26.6 Å². The Balaban J connectivity index is 2.20. The van der Waals surface area contributed by atoms with Crippen LogP contribution in [0.3, 0.4) is 0 Å². The van der Waals surface area contributed by atoms with E-state index in [9.17, 15) is 9.90 Å². The highest BCUT2D eigenvalue weighted by atomic mass is 32.1. The summed E-state index contributed by atoms with van der Waals surface area (Å²) in [5, 5.41) is 19.3. The van der Waals surface area contributed by atoms with Crippen molar-refractivity contribution in [1.82, 2.24) is 9.55 Å². The fourth-order valence-electron chi connectivity index (χ4n) is 2.82. The van der Waals surface area contributed by atoms with E-state index in [-0.39, 0.29) is 18.7 Å². The quantitative estimate of drug-likeness (QED) is 0.885. The summed E-state index contributed by atoms with van der Waals surface area (Å²) in [5.74, 6) is 0.591. The van der Waals surface area contributed by atoms with Crippen molar-refractivity contribution in [2.24, 2.45) is 0 Å². The summed E-state index contributed by atoms with van der Waals surface area (Å²) in [6, 6.07) is 0. The molecule has 2 N–H and O–H groups in total. The first kappa shape index (κ1) is 13.7. The first-order valence-corrected chi connectivity index (χ1v) is 7.74. The van der Waals surface area contributed by atoms with Gasteiger partial charge in [-0.2, -0.15) is 0 Å². The van der Waals surface area contributed by atoms with Crippen LogP contribution < -0.4 is 5.56 Å². The number of hydrogen-bond donors (Lipinski definition) is 2. The average Bonchev–Trinajstić information content (AvgIpc) is 2.81. The maximum atomic E-state index is 12.7. The van der Waals surface area contributed by atoms with Crippen molar-refractivity contribution in [3.8, 4) is 0 Å². The molecule has 0 aromatic carbocycles. The number of thiophene rings is 1. The minimum atomic E-state index is -0.930. The lowest BCUT2D eigenvalue weighted by molar-refractivity contribution is 0.0797. The molecule has 0 fully saturated rings. The number of fused-ring (bicyclic) bond motifs is 3. The molecule has 6 heteroatoms. The molecule has 3 rings (SSSR count). The molecular weight excluding hydrogens is 276 g/mol. The van der Waals surface area contributed by atoms with Gasteiger partial charge < -0.3 is 10.2 Å². The van der Waals surface area contributed by atoms with Gasteiger partial charge in [0.2, 0.25) is 0 Å². The van der Waals surface area contributed by atoms with Crippen LogP contribution in [0.25, 0.3) is 10.2 Å². The van der Waals surface area contributed by atoms with Gasteiger partial charge in [-0.15, -0.1) is 11.3 Å². The van der Waals surface area contributed by atoms with Crippen molar-refractivity contribution in [2.75, 3.05) is 6.61 Å². The Morgan fingerprint density at radius 3 is 2.90 bits per heavy atom. The lowest BCUT2D eigenvalue weighted by Gasteiger charge is -2.14. The monoisotopic (exact) mass is 294 g/mol. The Morgan fingerprint density at radius 2 is 2.15 bits per heavy atom. The first-order valence-electron chi connectivity index (χ1n) is 6.92. The second-order valence-electron chi connectivity index (χ2n) is 5.30. The third-order valence-corrected chi connectivity index (χ3v) is 5.06. The topological polar surface area (TPSA) is 75.4 Å². The molecular formula is C14H18N2O3S. The first-order chi connectivity index (χ1) is 9.61. The van der Waals surface area contributed by atoms with Crippen molar-refractivity contribution < 1.29 is 10.2 Å². The second-order valence-corrected chi connectivity index (χ2v) is 6.39. The number of aromatic nitrogens is 2. The zero-order valence-electron chi connectivity index (χ0n) is 11.4. The standard InChI is InChI=1S/C14H18N2O3S/c1-8-15-13-12(10-4-2-3-5-11(10)20-13)14(19)16(8)6-9(18)7-17/h9,17-18H,2-7H2,1H3. The minimum Gasteiger partial charge on any atom is -0.394 e. The van der Waals surface area contributed by atoms with Gasteiger partial charge in [-0.25, -0.2) is 4.98 Å². The van der Waals surface area contributed by atoms with Crippen LogP contribution in [0.2, 0.25) is 0 Å². The Labute approximate surface area is 120 Å². The van der Waals surface area contributed by atoms with E-state index in [0.29, 0.717) is 5.82 Å². The van der Waals surface area contributed by atoms with Crippen LogP contribution in [0.5, 0.6) is 0 Å². The molecule has 20 heavy (non-hydrogen) atoms. The molecule has 2 aromatic rings. The van der Waals surface area contributed by atoms with Gasteiger partial charge in [0, 0.05) is 4.88 Å². The molecule has 0 radical (unpaired) electrons. The van der Waals surface area contributed by atoms with Crippen LogP contribution in [0.4, 0.5) is 0 Å². The van der Waals surface area contributed by atoms with E-state index in [2.05, 4.69) is 4.98 Å². The highest BCUT2D eigenvalue weighted by Gasteiger charge is 2.21. The molecule has 1 aliphatic rings. The van der Waals surface area contributed by atoms with Gasteiger partial charge in [-0.3, -0.25) is 9.36 Å². The van der Waals surface area contributed by atoms with Crippen LogP contribution in [-0.2, 0) is 19.4 Å². The lowest BCUT2D eigenvalue weighted by atomic mass is 9.97. The molecule has 0 bridgehead atoms. The number of aliphatic hydroxyl groups excluding tert-OH is 2. The van der Waals surface area contributed by atoms with Gasteiger partial charge in [0.25, 0.3) is 5.56 Å². The molecule has 108 valence electrons. The lowest BCUT2D eigenvalue weighted by Crippen LogP contribution is -2.31.